The van der Waals surface area contributed by atoms with E-state index < -0.39 is 5.41 Å². The zero-order valence-corrected chi connectivity index (χ0v) is 10.8. The number of aryl methyl sites for hydroxylation is 2. The summed E-state index contributed by atoms with van der Waals surface area (Å²) in [7, 11) is 1.86. The average molecular weight is 252 g/mol. The third-order valence-corrected chi connectivity index (χ3v) is 3.60. The summed E-state index contributed by atoms with van der Waals surface area (Å²) in [5, 5.41) is 7.09. The van der Waals surface area contributed by atoms with Gasteiger partial charge in [-0.15, -0.1) is 0 Å². The molecule has 1 aromatic rings. The molecule has 1 fully saturated rings. The smallest absolute Gasteiger partial charge is 0.233 e. The van der Waals surface area contributed by atoms with Crippen molar-refractivity contribution in [2.45, 2.75) is 26.3 Å². The molecule has 0 aliphatic heterocycles. The third kappa shape index (κ3) is 2.17. The molecule has 0 atom stereocenters. The molecule has 0 unspecified atom stereocenters. The summed E-state index contributed by atoms with van der Waals surface area (Å²) < 4.78 is 1.73. The number of nitrogens with zero attached hydrogens (tertiary/aromatic N) is 2. The Balaban J connectivity index is 1.97. The number of carbonyl (C=O) groups is 1. The standard InChI is InChI=1S/C11H16N4OS/c1-7-8(6-15(2)14-7)5-13-10(16)11(3-4-11)9(12)17/h6H,3-5H2,1-2H3,(H2,12,17)(H,13,16). The summed E-state index contributed by atoms with van der Waals surface area (Å²) >= 11 is 4.93. The number of amides is 1. The van der Waals surface area contributed by atoms with Crippen molar-refractivity contribution in [2.24, 2.45) is 18.2 Å². The van der Waals surface area contributed by atoms with Gasteiger partial charge in [-0.2, -0.15) is 5.10 Å². The molecule has 1 aliphatic carbocycles. The van der Waals surface area contributed by atoms with Crippen LogP contribution < -0.4 is 11.1 Å². The predicted molar refractivity (Wildman–Crippen MR) is 68.2 cm³/mol. The molecular weight excluding hydrogens is 236 g/mol. The quantitative estimate of drug-likeness (QED) is 0.761. The van der Waals surface area contributed by atoms with E-state index in [2.05, 4.69) is 10.4 Å². The summed E-state index contributed by atoms with van der Waals surface area (Å²) in [6, 6.07) is 0. The zero-order chi connectivity index (χ0) is 12.6. The maximum Gasteiger partial charge on any atom is 0.233 e. The van der Waals surface area contributed by atoms with Crippen molar-refractivity contribution in [2.75, 3.05) is 0 Å². The maximum absolute atomic E-state index is 12.0. The molecule has 6 heteroatoms. The lowest BCUT2D eigenvalue weighted by Crippen LogP contribution is -2.39. The van der Waals surface area contributed by atoms with Gasteiger partial charge in [0.25, 0.3) is 0 Å². The van der Waals surface area contributed by atoms with E-state index in [1.165, 1.54) is 0 Å². The van der Waals surface area contributed by atoms with Crippen molar-refractivity contribution in [1.82, 2.24) is 15.1 Å². The largest absolute Gasteiger partial charge is 0.392 e. The Morgan fingerprint density at radius 3 is 2.76 bits per heavy atom. The molecule has 2 rings (SSSR count). The van der Waals surface area contributed by atoms with E-state index in [9.17, 15) is 4.79 Å². The fraction of sp³-hybridized carbons (Fsp3) is 0.545. The second-order valence-corrected chi connectivity index (χ2v) is 4.98. The van der Waals surface area contributed by atoms with E-state index >= 15 is 0 Å². The van der Waals surface area contributed by atoms with Gasteiger partial charge in [-0.25, -0.2) is 0 Å². The van der Waals surface area contributed by atoms with Gasteiger partial charge in [0.05, 0.1) is 16.1 Å². The highest BCUT2D eigenvalue weighted by atomic mass is 32.1. The van der Waals surface area contributed by atoms with Crippen molar-refractivity contribution in [3.05, 3.63) is 17.5 Å². The lowest BCUT2D eigenvalue weighted by Gasteiger charge is -2.13. The highest BCUT2D eigenvalue weighted by molar-refractivity contribution is 7.80. The van der Waals surface area contributed by atoms with Crippen LogP contribution in [0.25, 0.3) is 0 Å². The molecule has 17 heavy (non-hydrogen) atoms. The molecule has 1 aromatic heterocycles. The second kappa shape index (κ2) is 4.10. The Labute approximate surface area is 105 Å². The first-order valence-corrected chi connectivity index (χ1v) is 5.94. The van der Waals surface area contributed by atoms with Crippen LogP contribution in [0.2, 0.25) is 0 Å². The molecule has 5 nitrogen and oxygen atoms in total. The van der Waals surface area contributed by atoms with E-state index in [4.69, 9.17) is 18.0 Å². The lowest BCUT2D eigenvalue weighted by molar-refractivity contribution is -0.124. The van der Waals surface area contributed by atoms with Crippen molar-refractivity contribution in [3.8, 4) is 0 Å². The zero-order valence-electron chi connectivity index (χ0n) is 9.99. The Bertz CT molecular complexity index is 476. The monoisotopic (exact) mass is 252 g/mol. The van der Waals surface area contributed by atoms with Gasteiger partial charge in [0.15, 0.2) is 0 Å². The minimum Gasteiger partial charge on any atom is -0.392 e. The third-order valence-electron chi connectivity index (χ3n) is 3.21. The first-order valence-electron chi connectivity index (χ1n) is 5.53. The summed E-state index contributed by atoms with van der Waals surface area (Å²) in [5.41, 5.74) is 6.95. The number of hydrogen-bond donors (Lipinski definition) is 2. The van der Waals surface area contributed by atoms with Gasteiger partial charge in [0.1, 0.15) is 0 Å². The van der Waals surface area contributed by atoms with Crippen molar-refractivity contribution >= 4 is 23.1 Å². The maximum atomic E-state index is 12.0. The van der Waals surface area contributed by atoms with Crippen LogP contribution in [-0.4, -0.2) is 20.7 Å². The highest BCUT2D eigenvalue weighted by Gasteiger charge is 2.52. The minimum absolute atomic E-state index is 0.0618. The van der Waals surface area contributed by atoms with Crippen LogP contribution in [0, 0.1) is 12.3 Å². The SMILES string of the molecule is Cc1nn(C)cc1CNC(=O)C1(C(N)=S)CC1. The molecule has 1 aliphatic rings. The van der Waals surface area contributed by atoms with E-state index in [0.29, 0.717) is 11.5 Å². The number of hydrogen-bond acceptors (Lipinski definition) is 3. The number of thiocarbonyl (C=S) groups is 1. The molecular formula is C11H16N4OS. The first-order chi connectivity index (χ1) is 7.95. The van der Waals surface area contributed by atoms with Crippen LogP contribution in [0.5, 0.6) is 0 Å². The Hall–Kier alpha value is -1.43. The number of carbonyl (C=O) groups excluding carboxylic acids is 1. The Morgan fingerprint density at radius 1 is 1.71 bits per heavy atom. The van der Waals surface area contributed by atoms with Crippen LogP contribution >= 0.6 is 12.2 Å². The summed E-state index contributed by atoms with van der Waals surface area (Å²) in [6.45, 7) is 2.39. The van der Waals surface area contributed by atoms with Crippen LogP contribution in [0.4, 0.5) is 0 Å². The van der Waals surface area contributed by atoms with Gasteiger partial charge in [-0.1, -0.05) is 12.2 Å². The summed E-state index contributed by atoms with van der Waals surface area (Å²) in [4.78, 5) is 12.3. The van der Waals surface area contributed by atoms with Crippen LogP contribution in [0.1, 0.15) is 24.1 Å². The van der Waals surface area contributed by atoms with Gasteiger partial charge in [-0.3, -0.25) is 9.48 Å². The number of nitrogens with two attached hydrogens (primary N) is 1. The lowest BCUT2D eigenvalue weighted by atomic mass is 10.1. The molecule has 1 amide bonds. The number of aromatic nitrogens is 2. The molecule has 0 radical (unpaired) electrons. The highest BCUT2D eigenvalue weighted by Crippen LogP contribution is 2.46. The average Bonchev–Trinajstić information content (AvgIpc) is 2.98. The minimum atomic E-state index is -0.578. The van der Waals surface area contributed by atoms with Crippen LogP contribution in [0.3, 0.4) is 0 Å². The molecule has 92 valence electrons. The predicted octanol–water partition coefficient (Wildman–Crippen LogP) is 0.411. The van der Waals surface area contributed by atoms with E-state index in [1.807, 2.05) is 20.2 Å². The van der Waals surface area contributed by atoms with E-state index in [1.54, 1.807) is 4.68 Å². The van der Waals surface area contributed by atoms with Crippen molar-refractivity contribution < 1.29 is 4.79 Å². The summed E-state index contributed by atoms with van der Waals surface area (Å²) in [5.74, 6) is -0.0618. The van der Waals surface area contributed by atoms with Crippen molar-refractivity contribution in [3.63, 3.8) is 0 Å². The van der Waals surface area contributed by atoms with Gasteiger partial charge in [0, 0.05) is 25.4 Å². The molecule has 0 saturated heterocycles. The van der Waals surface area contributed by atoms with E-state index in [-0.39, 0.29) is 5.91 Å². The first kappa shape index (κ1) is 12.0. The molecule has 0 spiro atoms. The fourth-order valence-electron chi connectivity index (χ4n) is 1.88. The van der Waals surface area contributed by atoms with Crippen LogP contribution in [0.15, 0.2) is 6.20 Å². The van der Waals surface area contributed by atoms with Gasteiger partial charge < -0.3 is 11.1 Å². The molecule has 1 heterocycles. The van der Waals surface area contributed by atoms with Gasteiger partial charge in [-0.05, 0) is 19.8 Å². The summed E-state index contributed by atoms with van der Waals surface area (Å²) in [6.07, 6.45) is 3.43. The number of rotatable bonds is 4. The Morgan fingerprint density at radius 2 is 2.35 bits per heavy atom. The fourth-order valence-corrected chi connectivity index (χ4v) is 2.17. The van der Waals surface area contributed by atoms with Crippen LogP contribution in [-0.2, 0) is 18.4 Å². The van der Waals surface area contributed by atoms with Crippen molar-refractivity contribution in [1.29, 1.82) is 0 Å². The number of nitrogens with one attached hydrogen (secondary N) is 1. The molecule has 3 N–H and O–H groups in total. The van der Waals surface area contributed by atoms with E-state index in [0.717, 1.165) is 24.1 Å². The van der Waals surface area contributed by atoms with Gasteiger partial charge >= 0.3 is 0 Å². The normalized spacial score (nSPS) is 16.6. The van der Waals surface area contributed by atoms with Gasteiger partial charge in [0.2, 0.25) is 5.91 Å². The topological polar surface area (TPSA) is 72.9 Å². The molecule has 0 aromatic carbocycles. The second-order valence-electron chi connectivity index (χ2n) is 4.54. The Kier molecular flexibility index (Phi) is 2.91. The molecule has 1 saturated carbocycles. The molecule has 0 bridgehead atoms.